The van der Waals surface area contributed by atoms with Crippen LogP contribution in [0, 0.1) is 11.3 Å². The van der Waals surface area contributed by atoms with Crippen LogP contribution in [-0.2, 0) is 0 Å². The molecule has 0 aromatic heterocycles. The van der Waals surface area contributed by atoms with Crippen molar-refractivity contribution in [2.75, 3.05) is 19.5 Å². The first-order valence-corrected chi connectivity index (χ1v) is 6.24. The summed E-state index contributed by atoms with van der Waals surface area (Å²) in [6, 6.07) is 12.5. The Balaban J connectivity index is 2.44. The van der Waals surface area contributed by atoms with E-state index in [0.717, 1.165) is 0 Å². The molecular formula is C15H13ClN2O2. The smallest absolute Gasteiger partial charge is 0.142 e. The molecule has 0 aliphatic rings. The van der Waals surface area contributed by atoms with Crippen LogP contribution in [0.5, 0.6) is 11.5 Å². The molecule has 4 nitrogen and oxygen atoms in total. The van der Waals surface area contributed by atoms with Gasteiger partial charge in [0, 0.05) is 11.1 Å². The quantitative estimate of drug-likeness (QED) is 0.925. The van der Waals surface area contributed by atoms with E-state index < -0.39 is 0 Å². The lowest BCUT2D eigenvalue weighted by molar-refractivity contribution is 0.414. The van der Waals surface area contributed by atoms with Crippen molar-refractivity contribution in [3.05, 3.63) is 47.0 Å². The highest BCUT2D eigenvalue weighted by molar-refractivity contribution is 6.31. The van der Waals surface area contributed by atoms with Gasteiger partial charge in [-0.1, -0.05) is 11.6 Å². The van der Waals surface area contributed by atoms with Gasteiger partial charge >= 0.3 is 0 Å². The van der Waals surface area contributed by atoms with Gasteiger partial charge in [0.05, 0.1) is 31.2 Å². The molecule has 2 aromatic rings. The topological polar surface area (TPSA) is 54.3 Å². The number of nitrogens with zero attached hydrogens (tertiary/aromatic N) is 1. The second kappa shape index (κ2) is 6.18. The first kappa shape index (κ1) is 14.0. The first-order chi connectivity index (χ1) is 9.67. The highest BCUT2D eigenvalue weighted by Crippen LogP contribution is 2.32. The van der Waals surface area contributed by atoms with Crippen LogP contribution in [0.15, 0.2) is 36.4 Å². The Morgan fingerprint density at radius 3 is 2.50 bits per heavy atom. The van der Waals surface area contributed by atoms with Crippen LogP contribution in [0.4, 0.5) is 11.4 Å². The lowest BCUT2D eigenvalue weighted by Gasteiger charge is -2.13. The van der Waals surface area contributed by atoms with Crippen LogP contribution < -0.4 is 14.8 Å². The molecule has 1 N–H and O–H groups in total. The van der Waals surface area contributed by atoms with E-state index in [2.05, 4.69) is 11.4 Å². The number of rotatable bonds is 4. The third kappa shape index (κ3) is 2.95. The standard InChI is InChI=1S/C15H13ClN2O2/c1-19-12-5-3-10(9-17)13(8-12)18-14-7-11(16)4-6-15(14)20-2/h3-8,18H,1-2H3. The molecule has 0 aliphatic carbocycles. The molecule has 0 heterocycles. The zero-order valence-electron chi connectivity index (χ0n) is 11.1. The summed E-state index contributed by atoms with van der Waals surface area (Å²) < 4.78 is 10.4. The van der Waals surface area contributed by atoms with Gasteiger partial charge in [0.1, 0.15) is 17.6 Å². The van der Waals surface area contributed by atoms with Gasteiger partial charge in [-0.15, -0.1) is 0 Å². The molecule has 0 atom stereocenters. The van der Waals surface area contributed by atoms with Gasteiger partial charge in [0.25, 0.3) is 0 Å². The highest BCUT2D eigenvalue weighted by atomic mass is 35.5. The predicted octanol–water partition coefficient (Wildman–Crippen LogP) is 3.97. The van der Waals surface area contributed by atoms with Crippen molar-refractivity contribution in [2.24, 2.45) is 0 Å². The zero-order valence-corrected chi connectivity index (χ0v) is 11.9. The maximum atomic E-state index is 9.15. The Morgan fingerprint density at radius 2 is 1.85 bits per heavy atom. The summed E-state index contributed by atoms with van der Waals surface area (Å²) in [5.74, 6) is 1.30. The Kier molecular flexibility index (Phi) is 4.34. The average Bonchev–Trinajstić information content (AvgIpc) is 2.47. The fraction of sp³-hybridized carbons (Fsp3) is 0.133. The second-order valence-corrected chi connectivity index (χ2v) is 4.43. The minimum Gasteiger partial charge on any atom is -0.497 e. The van der Waals surface area contributed by atoms with E-state index in [-0.39, 0.29) is 0 Å². The van der Waals surface area contributed by atoms with Crippen LogP contribution in [0.3, 0.4) is 0 Å². The summed E-state index contributed by atoms with van der Waals surface area (Å²) in [7, 11) is 3.15. The van der Waals surface area contributed by atoms with Gasteiger partial charge in [-0.05, 0) is 30.3 Å². The Bertz CT molecular complexity index is 665. The van der Waals surface area contributed by atoms with Crippen molar-refractivity contribution in [1.29, 1.82) is 5.26 Å². The average molecular weight is 289 g/mol. The van der Waals surface area contributed by atoms with Gasteiger partial charge in [-0.25, -0.2) is 0 Å². The summed E-state index contributed by atoms with van der Waals surface area (Å²) in [6.45, 7) is 0. The van der Waals surface area contributed by atoms with E-state index in [4.69, 9.17) is 26.3 Å². The molecule has 5 heteroatoms. The lowest BCUT2D eigenvalue weighted by atomic mass is 10.1. The molecule has 0 spiro atoms. The van der Waals surface area contributed by atoms with Crippen LogP contribution in [0.1, 0.15) is 5.56 Å². The predicted molar refractivity (Wildman–Crippen MR) is 79.0 cm³/mol. The van der Waals surface area contributed by atoms with Crippen molar-refractivity contribution in [1.82, 2.24) is 0 Å². The van der Waals surface area contributed by atoms with Crippen molar-refractivity contribution in [2.45, 2.75) is 0 Å². The fourth-order valence-corrected chi connectivity index (χ4v) is 1.95. The fourth-order valence-electron chi connectivity index (χ4n) is 1.77. The summed E-state index contributed by atoms with van der Waals surface area (Å²) in [4.78, 5) is 0. The van der Waals surface area contributed by atoms with Gasteiger partial charge in [-0.3, -0.25) is 0 Å². The Labute approximate surface area is 122 Å². The summed E-state index contributed by atoms with van der Waals surface area (Å²) in [5.41, 5.74) is 1.82. The number of anilines is 2. The van der Waals surface area contributed by atoms with Crippen molar-refractivity contribution < 1.29 is 9.47 Å². The molecule has 0 bridgehead atoms. The molecule has 20 heavy (non-hydrogen) atoms. The number of hydrogen-bond donors (Lipinski definition) is 1. The molecular weight excluding hydrogens is 276 g/mol. The number of benzene rings is 2. The molecule has 2 aromatic carbocycles. The molecule has 0 unspecified atom stereocenters. The van der Waals surface area contributed by atoms with Crippen LogP contribution in [0.2, 0.25) is 5.02 Å². The minimum absolute atomic E-state index is 0.507. The van der Waals surface area contributed by atoms with Crippen molar-refractivity contribution in [3.8, 4) is 17.6 Å². The van der Waals surface area contributed by atoms with E-state index in [1.165, 1.54) is 0 Å². The number of nitrogens with one attached hydrogen (secondary N) is 1. The number of hydrogen-bond acceptors (Lipinski definition) is 4. The number of ether oxygens (including phenoxy) is 2. The first-order valence-electron chi connectivity index (χ1n) is 5.86. The van der Waals surface area contributed by atoms with Crippen LogP contribution >= 0.6 is 11.6 Å². The monoisotopic (exact) mass is 288 g/mol. The third-order valence-corrected chi connectivity index (χ3v) is 3.01. The van der Waals surface area contributed by atoms with Gasteiger partial charge in [0.2, 0.25) is 0 Å². The number of nitriles is 1. The number of methoxy groups -OCH3 is 2. The SMILES string of the molecule is COc1ccc(C#N)c(Nc2cc(Cl)ccc2OC)c1. The van der Waals surface area contributed by atoms with E-state index in [0.29, 0.717) is 33.5 Å². The Morgan fingerprint density at radius 1 is 1.05 bits per heavy atom. The summed E-state index contributed by atoms with van der Waals surface area (Å²) in [6.07, 6.45) is 0. The molecule has 0 aliphatic heterocycles. The molecule has 102 valence electrons. The van der Waals surface area contributed by atoms with E-state index >= 15 is 0 Å². The molecule has 0 saturated carbocycles. The molecule has 2 rings (SSSR count). The largest absolute Gasteiger partial charge is 0.497 e. The van der Waals surface area contributed by atoms with Gasteiger partial charge in [-0.2, -0.15) is 5.26 Å². The second-order valence-electron chi connectivity index (χ2n) is 3.99. The lowest BCUT2D eigenvalue weighted by Crippen LogP contribution is -1.97. The van der Waals surface area contributed by atoms with Crippen LogP contribution in [0.25, 0.3) is 0 Å². The van der Waals surface area contributed by atoms with Crippen molar-refractivity contribution in [3.63, 3.8) is 0 Å². The molecule has 0 saturated heterocycles. The maximum absolute atomic E-state index is 9.15. The number of halogens is 1. The van der Waals surface area contributed by atoms with Crippen LogP contribution in [-0.4, -0.2) is 14.2 Å². The van der Waals surface area contributed by atoms with E-state index in [1.807, 2.05) is 0 Å². The van der Waals surface area contributed by atoms with Gasteiger partial charge < -0.3 is 14.8 Å². The highest BCUT2D eigenvalue weighted by Gasteiger charge is 2.08. The van der Waals surface area contributed by atoms with Crippen molar-refractivity contribution >= 4 is 23.0 Å². The van der Waals surface area contributed by atoms with Gasteiger partial charge in [0.15, 0.2) is 0 Å². The molecule has 0 fully saturated rings. The third-order valence-electron chi connectivity index (χ3n) is 2.78. The summed E-state index contributed by atoms with van der Waals surface area (Å²) in [5, 5.41) is 12.9. The summed E-state index contributed by atoms with van der Waals surface area (Å²) >= 11 is 5.99. The van der Waals surface area contributed by atoms with E-state index in [1.54, 1.807) is 50.6 Å². The minimum atomic E-state index is 0.507. The normalized spacial score (nSPS) is 9.70. The Hall–Kier alpha value is -2.38. The zero-order chi connectivity index (χ0) is 14.5. The molecule has 0 radical (unpaired) electrons. The maximum Gasteiger partial charge on any atom is 0.142 e. The van der Waals surface area contributed by atoms with E-state index in [9.17, 15) is 0 Å². The molecule has 0 amide bonds.